The molecule has 7 heteroatoms. The van der Waals surface area contributed by atoms with Gasteiger partial charge in [0, 0.05) is 12.7 Å². The quantitative estimate of drug-likeness (QED) is 0.747. The first kappa shape index (κ1) is 17.0. The van der Waals surface area contributed by atoms with Crippen molar-refractivity contribution in [2.24, 2.45) is 0 Å². The van der Waals surface area contributed by atoms with Gasteiger partial charge in [-0.25, -0.2) is 9.07 Å². The molecule has 0 saturated heterocycles. The van der Waals surface area contributed by atoms with E-state index >= 15 is 0 Å². The molecule has 0 saturated carbocycles. The van der Waals surface area contributed by atoms with Gasteiger partial charge < -0.3 is 10.1 Å². The minimum absolute atomic E-state index is 0.0263. The highest BCUT2D eigenvalue weighted by Gasteiger charge is 2.23. The van der Waals surface area contributed by atoms with Gasteiger partial charge in [-0.15, -0.1) is 5.10 Å². The molecule has 0 unspecified atom stereocenters. The predicted molar refractivity (Wildman–Crippen MR) is 91.3 cm³/mol. The van der Waals surface area contributed by atoms with Crippen molar-refractivity contribution >= 4 is 16.9 Å². The smallest absolute Gasteiger partial charge is 0.242 e. The SMILES string of the molecule is CO[C@H](c1ccccc1F)[C@H](C)NC(=O)Cn1nnc2ccccc21. The van der Waals surface area contributed by atoms with Gasteiger partial charge in [0.25, 0.3) is 0 Å². The first-order valence-electron chi connectivity index (χ1n) is 7.95. The third-order valence-electron chi connectivity index (χ3n) is 4.02. The molecule has 0 radical (unpaired) electrons. The van der Waals surface area contributed by atoms with Crippen molar-refractivity contribution in [2.75, 3.05) is 7.11 Å². The van der Waals surface area contributed by atoms with Gasteiger partial charge >= 0.3 is 0 Å². The number of rotatable bonds is 6. The van der Waals surface area contributed by atoms with Gasteiger partial charge in [0.05, 0.1) is 11.6 Å². The molecule has 1 heterocycles. The number of fused-ring (bicyclic) bond motifs is 1. The zero-order valence-electron chi connectivity index (χ0n) is 14.0. The van der Waals surface area contributed by atoms with Crippen LogP contribution in [0.2, 0.25) is 0 Å². The topological polar surface area (TPSA) is 69.0 Å². The van der Waals surface area contributed by atoms with E-state index in [1.54, 1.807) is 25.1 Å². The second kappa shape index (κ2) is 7.40. The van der Waals surface area contributed by atoms with Crippen molar-refractivity contribution in [3.05, 3.63) is 59.9 Å². The van der Waals surface area contributed by atoms with E-state index in [0.29, 0.717) is 5.56 Å². The normalized spacial score (nSPS) is 13.6. The zero-order chi connectivity index (χ0) is 17.8. The number of aromatic nitrogens is 3. The van der Waals surface area contributed by atoms with E-state index in [1.165, 1.54) is 17.9 Å². The Morgan fingerprint density at radius 2 is 1.96 bits per heavy atom. The van der Waals surface area contributed by atoms with Crippen molar-refractivity contribution in [2.45, 2.75) is 25.6 Å². The third kappa shape index (κ3) is 3.66. The van der Waals surface area contributed by atoms with Crippen LogP contribution in [-0.2, 0) is 16.1 Å². The molecule has 1 amide bonds. The molecule has 0 spiro atoms. The number of ether oxygens (including phenoxy) is 1. The minimum atomic E-state index is -0.586. The maximum absolute atomic E-state index is 14.0. The van der Waals surface area contributed by atoms with Crippen molar-refractivity contribution in [3.63, 3.8) is 0 Å². The summed E-state index contributed by atoms with van der Waals surface area (Å²) >= 11 is 0. The number of carbonyl (C=O) groups excluding carboxylic acids is 1. The summed E-state index contributed by atoms with van der Waals surface area (Å²) in [5.41, 5.74) is 1.91. The molecule has 2 atom stereocenters. The summed E-state index contributed by atoms with van der Waals surface area (Å²) in [6.07, 6.45) is -0.586. The molecule has 0 aliphatic heterocycles. The van der Waals surface area contributed by atoms with E-state index in [9.17, 15) is 9.18 Å². The van der Waals surface area contributed by atoms with E-state index in [1.807, 2.05) is 24.3 Å². The summed E-state index contributed by atoms with van der Waals surface area (Å²) < 4.78 is 20.9. The number of amides is 1. The van der Waals surface area contributed by atoms with Crippen molar-refractivity contribution in [1.29, 1.82) is 0 Å². The molecule has 6 nitrogen and oxygen atoms in total. The van der Waals surface area contributed by atoms with Crippen LogP contribution in [0.15, 0.2) is 48.5 Å². The highest BCUT2D eigenvalue weighted by molar-refractivity contribution is 5.79. The Morgan fingerprint density at radius 3 is 2.72 bits per heavy atom. The van der Waals surface area contributed by atoms with Gasteiger partial charge in [0.15, 0.2) is 0 Å². The highest BCUT2D eigenvalue weighted by Crippen LogP contribution is 2.23. The molecule has 0 aliphatic rings. The molecule has 25 heavy (non-hydrogen) atoms. The number of carbonyl (C=O) groups is 1. The second-order valence-electron chi connectivity index (χ2n) is 5.77. The Balaban J connectivity index is 1.70. The Labute approximate surface area is 144 Å². The summed E-state index contributed by atoms with van der Waals surface area (Å²) in [4.78, 5) is 12.4. The van der Waals surface area contributed by atoms with Gasteiger partial charge in [-0.1, -0.05) is 35.5 Å². The van der Waals surface area contributed by atoms with Crippen molar-refractivity contribution < 1.29 is 13.9 Å². The fourth-order valence-corrected chi connectivity index (χ4v) is 2.85. The Bertz CT molecular complexity index is 880. The summed E-state index contributed by atoms with van der Waals surface area (Å²) in [5.74, 6) is -0.612. The van der Waals surface area contributed by atoms with Crippen LogP contribution in [0, 0.1) is 5.82 Å². The lowest BCUT2D eigenvalue weighted by Crippen LogP contribution is -2.40. The zero-order valence-corrected chi connectivity index (χ0v) is 14.0. The van der Waals surface area contributed by atoms with Gasteiger partial charge in [0.1, 0.15) is 24.0 Å². The van der Waals surface area contributed by atoms with Gasteiger partial charge in [-0.2, -0.15) is 0 Å². The number of benzene rings is 2. The summed E-state index contributed by atoms with van der Waals surface area (Å²) in [7, 11) is 1.49. The first-order valence-corrected chi connectivity index (χ1v) is 7.95. The average Bonchev–Trinajstić information content (AvgIpc) is 3.00. The lowest BCUT2D eigenvalue weighted by Gasteiger charge is -2.24. The van der Waals surface area contributed by atoms with Crippen LogP contribution in [-0.4, -0.2) is 34.1 Å². The van der Waals surface area contributed by atoms with Gasteiger partial charge in [-0.3, -0.25) is 4.79 Å². The van der Waals surface area contributed by atoms with Crippen LogP contribution in [0.4, 0.5) is 4.39 Å². The number of nitrogens with zero attached hydrogens (tertiary/aromatic N) is 3. The summed E-state index contributed by atoms with van der Waals surface area (Å²) in [5, 5.41) is 10.9. The van der Waals surface area contributed by atoms with E-state index in [0.717, 1.165) is 11.0 Å². The molecule has 1 N–H and O–H groups in total. The van der Waals surface area contributed by atoms with Crippen LogP contribution in [0.3, 0.4) is 0 Å². The second-order valence-corrected chi connectivity index (χ2v) is 5.77. The number of nitrogens with one attached hydrogen (secondary N) is 1. The number of hydrogen-bond acceptors (Lipinski definition) is 4. The molecule has 0 aliphatic carbocycles. The van der Waals surface area contributed by atoms with Crippen LogP contribution >= 0.6 is 0 Å². The van der Waals surface area contributed by atoms with Crippen molar-refractivity contribution in [3.8, 4) is 0 Å². The van der Waals surface area contributed by atoms with E-state index < -0.39 is 12.1 Å². The van der Waals surface area contributed by atoms with E-state index in [-0.39, 0.29) is 18.3 Å². The lowest BCUT2D eigenvalue weighted by molar-refractivity contribution is -0.123. The molecule has 3 aromatic rings. The summed E-state index contributed by atoms with van der Waals surface area (Å²) in [6, 6.07) is 13.4. The van der Waals surface area contributed by atoms with E-state index in [2.05, 4.69) is 15.6 Å². The maximum Gasteiger partial charge on any atom is 0.242 e. The van der Waals surface area contributed by atoms with Crippen molar-refractivity contribution in [1.82, 2.24) is 20.3 Å². The Kier molecular flexibility index (Phi) is 5.04. The molecule has 130 valence electrons. The van der Waals surface area contributed by atoms with Crippen LogP contribution < -0.4 is 5.32 Å². The molecular weight excluding hydrogens is 323 g/mol. The average molecular weight is 342 g/mol. The van der Waals surface area contributed by atoms with E-state index in [4.69, 9.17) is 4.74 Å². The van der Waals surface area contributed by atoms with Crippen LogP contribution in [0.5, 0.6) is 0 Å². The van der Waals surface area contributed by atoms with Gasteiger partial charge in [0.2, 0.25) is 5.91 Å². The molecule has 3 rings (SSSR count). The third-order valence-corrected chi connectivity index (χ3v) is 4.02. The summed E-state index contributed by atoms with van der Waals surface area (Å²) in [6.45, 7) is 1.80. The molecule has 0 bridgehead atoms. The van der Waals surface area contributed by atoms with Crippen LogP contribution in [0.1, 0.15) is 18.6 Å². The lowest BCUT2D eigenvalue weighted by atomic mass is 10.0. The Morgan fingerprint density at radius 1 is 1.24 bits per heavy atom. The number of para-hydroxylation sites is 1. The minimum Gasteiger partial charge on any atom is -0.375 e. The highest BCUT2D eigenvalue weighted by atomic mass is 19.1. The number of hydrogen-bond donors (Lipinski definition) is 1. The first-order chi connectivity index (χ1) is 12.1. The predicted octanol–water partition coefficient (Wildman–Crippen LogP) is 2.46. The van der Waals surface area contributed by atoms with Crippen LogP contribution in [0.25, 0.3) is 11.0 Å². The largest absolute Gasteiger partial charge is 0.375 e. The Hall–Kier alpha value is -2.80. The molecule has 2 aromatic carbocycles. The fraction of sp³-hybridized carbons (Fsp3) is 0.278. The monoisotopic (exact) mass is 342 g/mol. The standard InChI is InChI=1S/C18H19FN4O2/c1-12(18(25-2)13-7-3-4-8-14(13)19)20-17(24)11-23-16-10-6-5-9-15(16)21-22-23/h3-10,12,18H,11H2,1-2H3,(H,20,24)/t12-,18-/m0/s1. The maximum atomic E-state index is 14.0. The molecule has 1 aromatic heterocycles. The molecule has 0 fully saturated rings. The fourth-order valence-electron chi connectivity index (χ4n) is 2.85. The van der Waals surface area contributed by atoms with Gasteiger partial charge in [-0.05, 0) is 25.1 Å². The number of halogens is 1. The number of methoxy groups -OCH3 is 1. The molecular formula is C18H19FN4O2.